The standard InChI is InChI=1S/C9H16O3S/c1-4-6-13-9(3,8(11)12)7(10)5-2/h4,7,10H,1,5-6H2,2-3H3,(H,11,12)/t7-,9+/m1/s1. The van der Waals surface area contributed by atoms with Crippen molar-refractivity contribution in [3.8, 4) is 0 Å². The molecule has 0 aromatic carbocycles. The molecule has 0 bridgehead atoms. The fourth-order valence-electron chi connectivity index (χ4n) is 0.922. The van der Waals surface area contributed by atoms with Gasteiger partial charge < -0.3 is 10.2 Å². The molecule has 0 aliphatic carbocycles. The van der Waals surface area contributed by atoms with Crippen LogP contribution in [0.1, 0.15) is 20.3 Å². The van der Waals surface area contributed by atoms with E-state index >= 15 is 0 Å². The molecule has 0 unspecified atom stereocenters. The van der Waals surface area contributed by atoms with Crippen LogP contribution in [0.4, 0.5) is 0 Å². The smallest absolute Gasteiger partial charge is 0.322 e. The van der Waals surface area contributed by atoms with Crippen molar-refractivity contribution in [3.05, 3.63) is 12.7 Å². The van der Waals surface area contributed by atoms with Crippen LogP contribution in [-0.4, -0.2) is 32.8 Å². The lowest BCUT2D eigenvalue weighted by molar-refractivity contribution is -0.142. The average Bonchev–Trinajstić information content (AvgIpc) is 2.12. The molecule has 0 aliphatic rings. The molecule has 0 rings (SSSR count). The zero-order valence-electron chi connectivity index (χ0n) is 7.99. The molecule has 0 aromatic heterocycles. The quantitative estimate of drug-likeness (QED) is 0.644. The third-order valence-electron chi connectivity index (χ3n) is 1.95. The van der Waals surface area contributed by atoms with E-state index in [0.29, 0.717) is 12.2 Å². The van der Waals surface area contributed by atoms with Crippen molar-refractivity contribution < 1.29 is 15.0 Å². The van der Waals surface area contributed by atoms with E-state index in [4.69, 9.17) is 5.11 Å². The first kappa shape index (κ1) is 12.5. The largest absolute Gasteiger partial charge is 0.480 e. The molecule has 0 aromatic rings. The summed E-state index contributed by atoms with van der Waals surface area (Å²) in [6.45, 7) is 6.82. The molecular formula is C9H16O3S. The van der Waals surface area contributed by atoms with E-state index in [1.54, 1.807) is 13.0 Å². The maximum Gasteiger partial charge on any atom is 0.322 e. The molecule has 4 heteroatoms. The second-order valence-corrected chi connectivity index (χ2v) is 4.41. The van der Waals surface area contributed by atoms with Crippen LogP contribution in [0.25, 0.3) is 0 Å². The number of hydrogen-bond donors (Lipinski definition) is 2. The van der Waals surface area contributed by atoms with E-state index < -0.39 is 16.8 Å². The molecule has 2 N–H and O–H groups in total. The number of aliphatic hydroxyl groups excluding tert-OH is 1. The summed E-state index contributed by atoms with van der Waals surface area (Å²) in [7, 11) is 0. The summed E-state index contributed by atoms with van der Waals surface area (Å²) in [5.41, 5.74) is 0. The van der Waals surface area contributed by atoms with Crippen molar-refractivity contribution >= 4 is 17.7 Å². The van der Waals surface area contributed by atoms with Crippen LogP contribution >= 0.6 is 11.8 Å². The summed E-state index contributed by atoms with van der Waals surface area (Å²) in [5.74, 6) is -0.450. The monoisotopic (exact) mass is 204 g/mol. The maximum absolute atomic E-state index is 10.9. The Morgan fingerprint density at radius 2 is 2.31 bits per heavy atom. The number of carbonyl (C=O) groups is 1. The van der Waals surface area contributed by atoms with Crippen LogP contribution in [0.15, 0.2) is 12.7 Å². The first-order valence-electron chi connectivity index (χ1n) is 4.15. The SMILES string of the molecule is C=CCS[C@](C)(C(=O)O)[C@H](O)CC. The molecule has 76 valence electrons. The van der Waals surface area contributed by atoms with Crippen molar-refractivity contribution in [1.82, 2.24) is 0 Å². The molecular weight excluding hydrogens is 188 g/mol. The predicted molar refractivity (Wildman–Crippen MR) is 55.0 cm³/mol. The summed E-state index contributed by atoms with van der Waals surface area (Å²) < 4.78 is -1.12. The molecule has 13 heavy (non-hydrogen) atoms. The van der Waals surface area contributed by atoms with E-state index in [0.717, 1.165) is 0 Å². The summed E-state index contributed by atoms with van der Waals surface area (Å²) in [6.07, 6.45) is 1.25. The summed E-state index contributed by atoms with van der Waals surface area (Å²) in [4.78, 5) is 10.9. The van der Waals surface area contributed by atoms with Gasteiger partial charge in [-0.2, -0.15) is 0 Å². The fourth-order valence-corrected chi connectivity index (χ4v) is 1.87. The van der Waals surface area contributed by atoms with Crippen molar-refractivity contribution in [2.75, 3.05) is 5.75 Å². The number of hydrogen-bond acceptors (Lipinski definition) is 3. The second kappa shape index (κ2) is 5.29. The zero-order chi connectivity index (χ0) is 10.5. The highest BCUT2D eigenvalue weighted by molar-refractivity contribution is 8.01. The van der Waals surface area contributed by atoms with Crippen molar-refractivity contribution in [3.63, 3.8) is 0 Å². The van der Waals surface area contributed by atoms with Gasteiger partial charge in [0.05, 0.1) is 6.10 Å². The summed E-state index contributed by atoms with van der Waals surface area (Å²) >= 11 is 1.20. The first-order valence-corrected chi connectivity index (χ1v) is 5.13. The van der Waals surface area contributed by atoms with Gasteiger partial charge in [0.1, 0.15) is 4.75 Å². The van der Waals surface area contributed by atoms with Crippen LogP contribution in [-0.2, 0) is 4.79 Å². The third kappa shape index (κ3) is 3.04. The normalized spacial score (nSPS) is 17.5. The van der Waals surface area contributed by atoms with Gasteiger partial charge in [-0.15, -0.1) is 18.3 Å². The Morgan fingerprint density at radius 1 is 1.77 bits per heavy atom. The van der Waals surface area contributed by atoms with E-state index in [9.17, 15) is 9.90 Å². The minimum Gasteiger partial charge on any atom is -0.480 e. The lowest BCUT2D eigenvalue weighted by Gasteiger charge is -2.28. The number of aliphatic carboxylic acids is 1. The number of carboxylic acid groups (broad SMARTS) is 1. The van der Waals surface area contributed by atoms with Gasteiger partial charge in [-0.1, -0.05) is 13.0 Å². The molecule has 0 saturated heterocycles. The van der Waals surface area contributed by atoms with Gasteiger partial charge in [0.2, 0.25) is 0 Å². The number of thioether (sulfide) groups is 1. The van der Waals surface area contributed by atoms with E-state index in [1.807, 2.05) is 0 Å². The van der Waals surface area contributed by atoms with Gasteiger partial charge in [-0.3, -0.25) is 4.79 Å². The van der Waals surface area contributed by atoms with E-state index in [-0.39, 0.29) is 0 Å². The number of aliphatic hydroxyl groups is 1. The number of carboxylic acids is 1. The molecule has 2 atom stereocenters. The van der Waals surface area contributed by atoms with Gasteiger partial charge >= 0.3 is 5.97 Å². The highest BCUT2D eigenvalue weighted by Crippen LogP contribution is 2.30. The highest BCUT2D eigenvalue weighted by Gasteiger charge is 2.39. The van der Waals surface area contributed by atoms with E-state index in [1.165, 1.54) is 18.7 Å². The summed E-state index contributed by atoms with van der Waals surface area (Å²) in [6, 6.07) is 0. The topological polar surface area (TPSA) is 57.5 Å². The van der Waals surface area contributed by atoms with Crippen molar-refractivity contribution in [2.45, 2.75) is 31.1 Å². The first-order chi connectivity index (χ1) is 5.99. The van der Waals surface area contributed by atoms with Gasteiger partial charge in [-0.25, -0.2) is 0 Å². The Bertz CT molecular complexity index is 193. The van der Waals surface area contributed by atoms with Crippen molar-refractivity contribution in [1.29, 1.82) is 0 Å². The molecule has 0 radical (unpaired) electrons. The molecule has 0 saturated carbocycles. The second-order valence-electron chi connectivity index (χ2n) is 2.94. The van der Waals surface area contributed by atoms with Gasteiger partial charge in [-0.05, 0) is 13.3 Å². The molecule has 3 nitrogen and oxygen atoms in total. The van der Waals surface area contributed by atoms with Crippen LogP contribution in [0.5, 0.6) is 0 Å². The Labute approximate surface area is 82.8 Å². The minimum atomic E-state index is -1.12. The van der Waals surface area contributed by atoms with Crippen molar-refractivity contribution in [2.24, 2.45) is 0 Å². The zero-order valence-corrected chi connectivity index (χ0v) is 8.80. The Balaban J connectivity index is 4.51. The molecule has 0 spiro atoms. The van der Waals surface area contributed by atoms with Gasteiger partial charge in [0.25, 0.3) is 0 Å². The fraction of sp³-hybridized carbons (Fsp3) is 0.667. The van der Waals surface area contributed by atoms with Gasteiger partial charge in [0, 0.05) is 5.75 Å². The minimum absolute atomic E-state index is 0.437. The summed E-state index contributed by atoms with van der Waals surface area (Å²) in [5, 5.41) is 18.5. The van der Waals surface area contributed by atoms with Gasteiger partial charge in [0.15, 0.2) is 0 Å². The third-order valence-corrected chi connectivity index (χ3v) is 3.40. The molecule has 0 fully saturated rings. The molecule has 0 aliphatic heterocycles. The Kier molecular flexibility index (Phi) is 5.10. The van der Waals surface area contributed by atoms with Crippen LogP contribution in [0.2, 0.25) is 0 Å². The molecule has 0 heterocycles. The highest BCUT2D eigenvalue weighted by atomic mass is 32.2. The van der Waals surface area contributed by atoms with E-state index in [2.05, 4.69) is 6.58 Å². The lowest BCUT2D eigenvalue weighted by Crippen LogP contribution is -2.43. The Morgan fingerprint density at radius 3 is 2.62 bits per heavy atom. The predicted octanol–water partition coefficient (Wildman–Crippen LogP) is 1.52. The average molecular weight is 204 g/mol. The lowest BCUT2D eigenvalue weighted by atomic mass is 10.0. The maximum atomic E-state index is 10.9. The molecule has 0 amide bonds. The Hall–Kier alpha value is -0.480. The number of rotatable bonds is 6. The van der Waals surface area contributed by atoms with Crippen LogP contribution in [0.3, 0.4) is 0 Å². The van der Waals surface area contributed by atoms with Crippen LogP contribution in [0, 0.1) is 0 Å². The van der Waals surface area contributed by atoms with Crippen LogP contribution < -0.4 is 0 Å².